The van der Waals surface area contributed by atoms with Crippen LogP contribution in [-0.2, 0) is 10.0 Å². The van der Waals surface area contributed by atoms with E-state index in [1.807, 2.05) is 0 Å². The van der Waals surface area contributed by atoms with Crippen LogP contribution in [0.4, 0.5) is 0 Å². The summed E-state index contributed by atoms with van der Waals surface area (Å²) in [4.78, 5) is 4.37. The van der Waals surface area contributed by atoms with Crippen LogP contribution in [0.1, 0.15) is 12.8 Å². The molecule has 2 aromatic rings. The molecule has 1 heterocycles. The first-order valence-corrected chi connectivity index (χ1v) is 7.91. The number of hydrogen-bond donors (Lipinski definition) is 1. The average Bonchev–Trinajstić information content (AvgIpc) is 2.92. The van der Waals surface area contributed by atoms with Crippen LogP contribution in [0.2, 0.25) is 0 Å². The average molecular weight is 310 g/mol. The van der Waals surface area contributed by atoms with E-state index in [0.29, 0.717) is 11.6 Å². The van der Waals surface area contributed by atoms with Crippen LogP contribution in [0.5, 0.6) is 0 Å². The van der Waals surface area contributed by atoms with Crippen molar-refractivity contribution in [2.75, 3.05) is 13.7 Å². The molecule has 1 N–H and O–H groups in total. The Labute approximate surface area is 124 Å². The smallest absolute Gasteiger partial charge is 0.243 e. The van der Waals surface area contributed by atoms with Gasteiger partial charge in [0.25, 0.3) is 0 Å². The second-order valence-electron chi connectivity index (χ2n) is 4.83. The molecule has 0 saturated heterocycles. The van der Waals surface area contributed by atoms with Crippen molar-refractivity contribution in [2.45, 2.75) is 24.8 Å². The molecule has 0 radical (unpaired) electrons. The molecule has 0 aliphatic rings. The number of benzene rings is 1. The maximum atomic E-state index is 12.4. The van der Waals surface area contributed by atoms with E-state index in [0.717, 1.165) is 9.87 Å². The molecule has 0 aliphatic heterocycles. The van der Waals surface area contributed by atoms with Crippen LogP contribution in [0.25, 0.3) is 11.3 Å². The van der Waals surface area contributed by atoms with E-state index in [1.54, 1.807) is 26.0 Å². The second kappa shape index (κ2) is 5.97. The van der Waals surface area contributed by atoms with Crippen molar-refractivity contribution in [3.8, 4) is 11.3 Å². The quantitative estimate of drug-likeness (QED) is 0.908. The van der Waals surface area contributed by atoms with Gasteiger partial charge in [0.2, 0.25) is 10.0 Å². The van der Waals surface area contributed by atoms with Crippen molar-refractivity contribution in [3.05, 3.63) is 36.4 Å². The molecule has 7 heteroatoms. The Balaban J connectivity index is 2.30. The highest BCUT2D eigenvalue weighted by Crippen LogP contribution is 2.22. The van der Waals surface area contributed by atoms with Crippen molar-refractivity contribution >= 4 is 10.0 Å². The minimum absolute atomic E-state index is 0.175. The summed E-state index contributed by atoms with van der Waals surface area (Å²) in [5.74, 6) is 0.554. The summed E-state index contributed by atoms with van der Waals surface area (Å²) in [5.41, 5.74) is 1.44. The number of nitrogens with zero attached hydrogens (tertiary/aromatic N) is 2. The number of hydrogen-bond acceptors (Lipinski definition) is 5. The molecule has 1 atom stereocenters. The third-order valence-electron chi connectivity index (χ3n) is 3.33. The molecule has 0 spiro atoms. The molecule has 21 heavy (non-hydrogen) atoms. The van der Waals surface area contributed by atoms with Gasteiger partial charge in [0.1, 0.15) is 12.0 Å². The number of aliphatic hydroxyl groups excluding tert-OH is 1. The number of likely N-dealkylation sites (N-methyl/N-ethyl adjacent to an activating group) is 1. The van der Waals surface area contributed by atoms with Gasteiger partial charge in [-0.1, -0.05) is 12.1 Å². The molecule has 1 unspecified atom stereocenters. The van der Waals surface area contributed by atoms with Gasteiger partial charge in [0.15, 0.2) is 5.89 Å². The van der Waals surface area contributed by atoms with Gasteiger partial charge < -0.3 is 9.52 Å². The highest BCUT2D eigenvalue weighted by Gasteiger charge is 2.24. The molecule has 0 saturated carbocycles. The third-order valence-corrected chi connectivity index (χ3v) is 5.32. The summed E-state index contributed by atoms with van der Waals surface area (Å²) in [6.07, 6.45) is 1.53. The first-order valence-electron chi connectivity index (χ1n) is 6.47. The summed E-state index contributed by atoms with van der Waals surface area (Å²) < 4.78 is 31.0. The molecule has 6 nitrogen and oxygen atoms in total. The van der Waals surface area contributed by atoms with Gasteiger partial charge in [0.05, 0.1) is 11.5 Å². The van der Waals surface area contributed by atoms with Gasteiger partial charge >= 0.3 is 0 Å². The lowest BCUT2D eigenvalue weighted by Crippen LogP contribution is -2.37. The predicted molar refractivity (Wildman–Crippen MR) is 78.2 cm³/mol. The lowest BCUT2D eigenvalue weighted by atomic mass is 10.2. The van der Waals surface area contributed by atoms with Gasteiger partial charge in [-0.15, -0.1) is 0 Å². The maximum Gasteiger partial charge on any atom is 0.243 e. The number of aryl methyl sites for hydroxylation is 1. The molecule has 0 amide bonds. The van der Waals surface area contributed by atoms with Crippen molar-refractivity contribution in [3.63, 3.8) is 0 Å². The van der Waals surface area contributed by atoms with Crippen LogP contribution < -0.4 is 0 Å². The summed E-state index contributed by atoms with van der Waals surface area (Å²) in [7, 11) is -2.17. The second-order valence-corrected chi connectivity index (χ2v) is 6.83. The van der Waals surface area contributed by atoms with Crippen LogP contribution in [0.3, 0.4) is 0 Å². The zero-order chi connectivity index (χ0) is 15.6. The third kappa shape index (κ3) is 3.15. The topological polar surface area (TPSA) is 83.6 Å². The zero-order valence-electron chi connectivity index (χ0n) is 12.1. The molecular weight excluding hydrogens is 292 g/mol. The van der Waals surface area contributed by atoms with Crippen LogP contribution in [0.15, 0.2) is 39.8 Å². The van der Waals surface area contributed by atoms with Crippen LogP contribution >= 0.6 is 0 Å². The highest BCUT2D eigenvalue weighted by atomic mass is 32.2. The fraction of sp³-hybridized carbons (Fsp3) is 0.357. The van der Waals surface area contributed by atoms with Crippen LogP contribution in [-0.4, -0.2) is 42.5 Å². The first-order chi connectivity index (χ1) is 9.86. The number of aromatic nitrogens is 1. The number of rotatable bonds is 5. The number of aliphatic hydroxyl groups is 1. The van der Waals surface area contributed by atoms with E-state index < -0.39 is 16.1 Å². The molecule has 2 rings (SSSR count). The monoisotopic (exact) mass is 310 g/mol. The molecule has 0 bridgehead atoms. The molecule has 0 aliphatic carbocycles. The highest BCUT2D eigenvalue weighted by molar-refractivity contribution is 7.89. The Bertz CT molecular complexity index is 707. The number of sulfonamides is 1. The van der Waals surface area contributed by atoms with Crippen molar-refractivity contribution in [1.29, 1.82) is 0 Å². The molecule has 0 fully saturated rings. The van der Waals surface area contributed by atoms with Crippen molar-refractivity contribution < 1.29 is 17.9 Å². The fourth-order valence-electron chi connectivity index (χ4n) is 1.81. The number of oxazole rings is 1. The fourth-order valence-corrected chi connectivity index (χ4v) is 3.16. The largest absolute Gasteiger partial charge is 0.449 e. The van der Waals surface area contributed by atoms with Gasteiger partial charge in [-0.05, 0) is 19.1 Å². The van der Waals surface area contributed by atoms with Gasteiger partial charge in [-0.3, -0.25) is 0 Å². The van der Waals surface area contributed by atoms with E-state index in [-0.39, 0.29) is 11.5 Å². The van der Waals surface area contributed by atoms with Crippen molar-refractivity contribution in [1.82, 2.24) is 9.29 Å². The summed E-state index contributed by atoms with van der Waals surface area (Å²) >= 11 is 0. The summed E-state index contributed by atoms with van der Waals surface area (Å²) in [6.45, 7) is 3.16. The maximum absolute atomic E-state index is 12.4. The lowest BCUT2D eigenvalue weighted by Gasteiger charge is -2.22. The standard InChI is InChI=1S/C14H18N2O4S/c1-10(8-17)16(3)21(18,19)13-6-4-12(5-7-13)14-9-20-11(2)15-14/h4-7,9-10,17H,8H2,1-3H3. The molecule has 1 aromatic heterocycles. The van der Waals surface area contributed by atoms with Gasteiger partial charge in [-0.25, -0.2) is 13.4 Å². The predicted octanol–water partition coefficient (Wildman–Crippen LogP) is 1.65. The normalized spacial score (nSPS) is 13.6. The Morgan fingerprint density at radius 1 is 1.33 bits per heavy atom. The Hall–Kier alpha value is -1.70. The van der Waals surface area contributed by atoms with Gasteiger partial charge in [0, 0.05) is 25.6 Å². The summed E-state index contributed by atoms with van der Waals surface area (Å²) in [5, 5.41) is 9.09. The minimum Gasteiger partial charge on any atom is -0.449 e. The van der Waals surface area contributed by atoms with E-state index in [2.05, 4.69) is 4.98 Å². The van der Waals surface area contributed by atoms with E-state index in [9.17, 15) is 8.42 Å². The summed E-state index contributed by atoms with van der Waals surface area (Å²) in [6, 6.07) is 5.93. The zero-order valence-corrected chi connectivity index (χ0v) is 13.0. The minimum atomic E-state index is -3.61. The Morgan fingerprint density at radius 2 is 1.95 bits per heavy atom. The SMILES string of the molecule is Cc1nc(-c2ccc(S(=O)(=O)N(C)C(C)CO)cc2)co1. The molecule has 114 valence electrons. The molecule has 1 aromatic carbocycles. The Kier molecular flexibility index (Phi) is 4.46. The Morgan fingerprint density at radius 3 is 2.43 bits per heavy atom. The van der Waals surface area contributed by atoms with Gasteiger partial charge in [-0.2, -0.15) is 4.31 Å². The first kappa shape index (κ1) is 15.7. The molecular formula is C14H18N2O4S. The lowest BCUT2D eigenvalue weighted by molar-refractivity contribution is 0.214. The van der Waals surface area contributed by atoms with Crippen LogP contribution in [0, 0.1) is 6.92 Å². The van der Waals surface area contributed by atoms with E-state index >= 15 is 0 Å². The van der Waals surface area contributed by atoms with E-state index in [1.165, 1.54) is 25.4 Å². The van der Waals surface area contributed by atoms with E-state index in [4.69, 9.17) is 9.52 Å². The van der Waals surface area contributed by atoms with Crippen molar-refractivity contribution in [2.24, 2.45) is 0 Å².